The van der Waals surface area contributed by atoms with Gasteiger partial charge in [-0.15, -0.1) is 0 Å². The van der Waals surface area contributed by atoms with Crippen LogP contribution in [0.5, 0.6) is 0 Å². The molecule has 354 valence electrons. The van der Waals surface area contributed by atoms with Gasteiger partial charge in [-0.2, -0.15) is 0 Å². The summed E-state index contributed by atoms with van der Waals surface area (Å²) in [4.78, 5) is 29.4. The van der Waals surface area contributed by atoms with Crippen molar-refractivity contribution in [2.45, 2.75) is 27.2 Å². The number of hydrogen-bond donors (Lipinski definition) is 3. The monoisotopic (exact) mass is 922 g/mol. The van der Waals surface area contributed by atoms with Gasteiger partial charge in [0.2, 0.25) is 0 Å². The minimum Gasteiger partial charge on any atom is -0.378 e. The first kappa shape index (κ1) is 46.0. The van der Waals surface area contributed by atoms with Crippen LogP contribution in [0.1, 0.15) is 24.5 Å². The van der Waals surface area contributed by atoms with Crippen LogP contribution in [0.3, 0.4) is 0 Å². The van der Waals surface area contributed by atoms with Gasteiger partial charge in [-0.25, -0.2) is 27.5 Å². The zero-order valence-corrected chi connectivity index (χ0v) is 38.4. The van der Waals surface area contributed by atoms with Gasteiger partial charge < -0.3 is 45.0 Å². The number of benzene rings is 2. The lowest BCUT2D eigenvalue weighted by molar-refractivity contribution is 0.122. The number of pyridine rings is 4. The Morgan fingerprint density at radius 2 is 1.00 bits per heavy atom. The number of halogens is 4. The van der Waals surface area contributed by atoms with Crippen LogP contribution in [0.15, 0.2) is 61.2 Å². The van der Waals surface area contributed by atoms with Crippen molar-refractivity contribution in [3.05, 3.63) is 95.6 Å². The molecule has 0 aliphatic carbocycles. The molecule has 4 aliphatic rings. The number of aromatic nitrogens is 4. The number of piperazine rings is 2. The lowest BCUT2D eigenvalue weighted by Crippen LogP contribution is -2.47. The van der Waals surface area contributed by atoms with E-state index in [1.54, 1.807) is 12.4 Å². The third-order valence-electron chi connectivity index (χ3n) is 12.8. The van der Waals surface area contributed by atoms with Crippen LogP contribution in [-0.2, 0) is 9.47 Å². The summed E-state index contributed by atoms with van der Waals surface area (Å²) >= 11 is 0. The summed E-state index contributed by atoms with van der Waals surface area (Å²) in [6, 6.07) is 8.42. The fourth-order valence-corrected chi connectivity index (χ4v) is 9.36. The molecule has 4 aliphatic heterocycles. The minimum atomic E-state index is -0.639. The van der Waals surface area contributed by atoms with E-state index in [2.05, 4.69) is 62.3 Å². The predicted molar refractivity (Wildman–Crippen MR) is 258 cm³/mol. The number of fused-ring (bicyclic) bond motifs is 2. The van der Waals surface area contributed by atoms with Crippen molar-refractivity contribution in [3.63, 3.8) is 0 Å². The first-order chi connectivity index (χ1) is 32.6. The Morgan fingerprint density at radius 3 is 1.45 bits per heavy atom. The van der Waals surface area contributed by atoms with Crippen molar-refractivity contribution in [1.82, 2.24) is 30.2 Å². The van der Waals surface area contributed by atoms with E-state index in [4.69, 9.17) is 14.5 Å². The number of rotatable bonds is 10. The van der Waals surface area contributed by atoms with Gasteiger partial charge >= 0.3 is 0 Å². The van der Waals surface area contributed by atoms with Crippen LogP contribution >= 0.6 is 0 Å². The SMILES string of the molecule is CCCN1CCN(c2nc3cc(F)cc(F)c3c(Nc3cncc(N4CCOCC4)c3)c2C)CC1.Cc1c(N2CCNCC2)nc2cc(F)cc(F)c2c1Nc1cncc(N2CCOCC2)c1. The molecule has 0 saturated carbocycles. The normalized spacial score (nSPS) is 17.2. The fraction of sp³-hybridized carbons (Fsp3) is 0.429. The Morgan fingerprint density at radius 1 is 0.552 bits per heavy atom. The molecule has 67 heavy (non-hydrogen) atoms. The van der Waals surface area contributed by atoms with Crippen LogP contribution < -0.4 is 35.6 Å². The summed E-state index contributed by atoms with van der Waals surface area (Å²) in [7, 11) is 0. The van der Waals surface area contributed by atoms with Crippen molar-refractivity contribution in [2.24, 2.45) is 0 Å². The van der Waals surface area contributed by atoms with E-state index in [0.29, 0.717) is 48.8 Å². The zero-order valence-electron chi connectivity index (χ0n) is 38.4. The summed E-state index contributed by atoms with van der Waals surface area (Å²) < 4.78 is 69.2. The number of nitrogens with zero attached hydrogens (tertiary/aromatic N) is 9. The topological polar surface area (TPSA) is 122 Å². The van der Waals surface area contributed by atoms with Crippen LogP contribution in [0.25, 0.3) is 21.8 Å². The molecule has 8 heterocycles. The molecule has 6 aromatic rings. The first-order valence-electron chi connectivity index (χ1n) is 23.2. The van der Waals surface area contributed by atoms with E-state index in [1.165, 1.54) is 12.1 Å². The standard InChI is InChI=1S/C26H32F2N6O.C23H26F2N6O/c1-3-4-32-5-7-34(8-6-32)26-18(2)25(24-22(28)13-19(27)14-23(24)31-26)30-20-15-21(17-29-16-20)33-9-11-35-12-10-33;1-15-22(28-17-12-18(14-27-13-17)30-6-8-32-9-7-30)21-19(25)10-16(24)11-20(21)29-23(15)31-4-2-26-3-5-31/h13-17H,3-12H2,1-2H3,(H,30,31);10-14,26H,2-9H2,1H3,(H,28,29). The minimum absolute atomic E-state index is 0.277. The highest BCUT2D eigenvalue weighted by atomic mass is 19.1. The van der Waals surface area contributed by atoms with E-state index >= 15 is 4.39 Å². The van der Waals surface area contributed by atoms with Gasteiger partial charge in [0.1, 0.15) is 34.9 Å². The van der Waals surface area contributed by atoms with Crippen LogP contribution in [0.4, 0.5) is 63.3 Å². The smallest absolute Gasteiger partial charge is 0.137 e. The maximum atomic E-state index is 15.1. The van der Waals surface area contributed by atoms with E-state index in [-0.39, 0.29) is 10.8 Å². The average Bonchev–Trinajstić information content (AvgIpc) is 3.34. The maximum Gasteiger partial charge on any atom is 0.137 e. The van der Waals surface area contributed by atoms with Gasteiger partial charge in [-0.1, -0.05) is 6.92 Å². The van der Waals surface area contributed by atoms with E-state index in [9.17, 15) is 13.2 Å². The molecule has 0 spiro atoms. The van der Waals surface area contributed by atoms with Gasteiger partial charge in [-0.3, -0.25) is 14.9 Å². The predicted octanol–water partition coefficient (Wildman–Crippen LogP) is 7.53. The third-order valence-corrected chi connectivity index (χ3v) is 12.8. The third kappa shape index (κ3) is 10.4. The number of hydrogen-bond acceptors (Lipinski definition) is 14. The van der Waals surface area contributed by atoms with Crippen molar-refractivity contribution in [2.75, 3.05) is 142 Å². The second-order valence-corrected chi connectivity index (χ2v) is 17.3. The molecule has 0 unspecified atom stereocenters. The molecule has 0 atom stereocenters. The highest BCUT2D eigenvalue weighted by molar-refractivity contribution is 5.99. The van der Waals surface area contributed by atoms with Crippen molar-refractivity contribution in [1.29, 1.82) is 0 Å². The Labute approximate surface area is 388 Å². The maximum absolute atomic E-state index is 15.1. The molecule has 0 bridgehead atoms. The summed E-state index contributed by atoms with van der Waals surface area (Å²) in [6.07, 6.45) is 8.20. The Kier molecular flexibility index (Phi) is 14.3. The molecule has 4 fully saturated rings. The molecule has 3 N–H and O–H groups in total. The van der Waals surface area contributed by atoms with Crippen LogP contribution in [0.2, 0.25) is 0 Å². The summed E-state index contributed by atoms with van der Waals surface area (Å²) in [6.45, 7) is 19.8. The average molecular weight is 923 g/mol. The van der Waals surface area contributed by atoms with E-state index in [1.807, 2.05) is 38.4 Å². The van der Waals surface area contributed by atoms with Gasteiger partial charge in [0.05, 0.1) is 107 Å². The molecular weight excluding hydrogens is 865 g/mol. The lowest BCUT2D eigenvalue weighted by Gasteiger charge is -2.36. The molecule has 14 nitrogen and oxygen atoms in total. The molecule has 0 radical (unpaired) electrons. The Bertz CT molecular complexity index is 2690. The first-order valence-corrected chi connectivity index (χ1v) is 23.2. The quantitative estimate of drug-likeness (QED) is 0.117. The Balaban J connectivity index is 0.000000169. The van der Waals surface area contributed by atoms with Crippen molar-refractivity contribution in [3.8, 4) is 0 Å². The molecule has 2 aromatic carbocycles. The number of anilines is 8. The number of nitrogens with one attached hydrogen (secondary N) is 3. The van der Waals surface area contributed by atoms with Gasteiger partial charge in [-0.05, 0) is 38.9 Å². The highest BCUT2D eigenvalue weighted by Crippen LogP contribution is 2.39. The molecule has 18 heteroatoms. The van der Waals surface area contributed by atoms with Crippen molar-refractivity contribution >= 4 is 67.6 Å². The van der Waals surface area contributed by atoms with Crippen molar-refractivity contribution < 1.29 is 27.0 Å². The van der Waals surface area contributed by atoms with E-state index in [0.717, 1.165) is 149 Å². The number of ether oxygens (including phenoxy) is 2. The molecule has 4 saturated heterocycles. The second kappa shape index (κ2) is 20.8. The molecule has 0 amide bonds. The second-order valence-electron chi connectivity index (χ2n) is 17.3. The summed E-state index contributed by atoms with van der Waals surface area (Å²) in [5, 5.41) is 10.7. The molecular formula is C49H58F4N12O2. The lowest BCUT2D eigenvalue weighted by atomic mass is 10.1. The highest BCUT2D eigenvalue weighted by Gasteiger charge is 2.25. The zero-order chi connectivity index (χ0) is 46.4. The summed E-state index contributed by atoms with van der Waals surface area (Å²) in [5.74, 6) is -1.04. The number of morpholine rings is 2. The van der Waals surface area contributed by atoms with Gasteiger partial charge in [0, 0.05) is 114 Å². The molecule has 4 aromatic heterocycles. The van der Waals surface area contributed by atoms with Gasteiger partial charge in [0.25, 0.3) is 0 Å². The fourth-order valence-electron chi connectivity index (χ4n) is 9.36. The molecule has 10 rings (SSSR count). The largest absolute Gasteiger partial charge is 0.378 e. The van der Waals surface area contributed by atoms with Crippen LogP contribution in [0, 0.1) is 37.1 Å². The van der Waals surface area contributed by atoms with E-state index < -0.39 is 23.3 Å². The van der Waals surface area contributed by atoms with Gasteiger partial charge in [0.15, 0.2) is 0 Å². The summed E-state index contributed by atoms with van der Waals surface area (Å²) in [5.41, 5.74) is 6.87. The Hall–Kier alpha value is -6.08. The van der Waals surface area contributed by atoms with Crippen LogP contribution in [-0.4, -0.2) is 136 Å².